The summed E-state index contributed by atoms with van der Waals surface area (Å²) in [5.41, 5.74) is 1.30. The molecule has 1 aliphatic rings. The number of hydrogen-bond acceptors (Lipinski definition) is 2. The molecule has 0 heterocycles. The highest BCUT2D eigenvalue weighted by Crippen LogP contribution is 2.27. The Bertz CT molecular complexity index is 451. The largest absolute Gasteiger partial charge is 0.478 e. The molecule has 4 heteroatoms. The maximum absolute atomic E-state index is 10.8. The number of rotatable bonds is 4. The standard InChI is InChI=1S/C15H19BrO3/c1-10-2-6-13(7-3-10)19-9-12-5-4-11(15(17)18)8-14(12)16/h4-5,8,10,13H,2-3,6-7,9H2,1H3,(H,17,18). The summed E-state index contributed by atoms with van der Waals surface area (Å²) in [4.78, 5) is 10.8. The third-order valence-electron chi connectivity index (χ3n) is 3.74. The van der Waals surface area contributed by atoms with Crippen molar-refractivity contribution in [1.29, 1.82) is 0 Å². The Morgan fingerprint density at radius 2 is 2.05 bits per heavy atom. The second kappa shape index (κ2) is 6.53. The van der Waals surface area contributed by atoms with Gasteiger partial charge in [0.1, 0.15) is 0 Å². The molecule has 0 radical (unpaired) electrons. The van der Waals surface area contributed by atoms with Gasteiger partial charge in [-0.05, 0) is 49.3 Å². The van der Waals surface area contributed by atoms with Crippen molar-refractivity contribution < 1.29 is 14.6 Å². The van der Waals surface area contributed by atoms with Gasteiger partial charge in [-0.25, -0.2) is 4.79 Å². The van der Waals surface area contributed by atoms with Crippen molar-refractivity contribution in [3.63, 3.8) is 0 Å². The van der Waals surface area contributed by atoms with E-state index in [9.17, 15) is 4.79 Å². The van der Waals surface area contributed by atoms with E-state index in [1.54, 1.807) is 12.1 Å². The molecule has 1 saturated carbocycles. The lowest BCUT2D eigenvalue weighted by atomic mass is 9.89. The van der Waals surface area contributed by atoms with Crippen LogP contribution in [-0.4, -0.2) is 17.2 Å². The second-order valence-electron chi connectivity index (χ2n) is 5.30. The molecule has 0 aromatic heterocycles. The van der Waals surface area contributed by atoms with Crippen molar-refractivity contribution >= 4 is 21.9 Å². The molecular weight excluding hydrogens is 308 g/mol. The Morgan fingerprint density at radius 1 is 1.37 bits per heavy atom. The molecule has 0 amide bonds. The fraction of sp³-hybridized carbons (Fsp3) is 0.533. The van der Waals surface area contributed by atoms with Crippen LogP contribution < -0.4 is 0 Å². The number of benzene rings is 1. The molecule has 1 fully saturated rings. The first-order valence-electron chi connectivity index (χ1n) is 6.69. The van der Waals surface area contributed by atoms with Crippen LogP contribution >= 0.6 is 15.9 Å². The first kappa shape index (κ1) is 14.5. The van der Waals surface area contributed by atoms with E-state index in [1.807, 2.05) is 6.07 Å². The lowest BCUT2D eigenvalue weighted by Crippen LogP contribution is -2.20. The fourth-order valence-corrected chi connectivity index (χ4v) is 2.89. The molecule has 1 N–H and O–H groups in total. The minimum Gasteiger partial charge on any atom is -0.478 e. The summed E-state index contributed by atoms with van der Waals surface area (Å²) in [6.07, 6.45) is 5.09. The summed E-state index contributed by atoms with van der Waals surface area (Å²) in [5, 5.41) is 8.91. The molecule has 19 heavy (non-hydrogen) atoms. The molecule has 104 valence electrons. The van der Waals surface area contributed by atoms with Gasteiger partial charge in [-0.2, -0.15) is 0 Å². The third kappa shape index (κ3) is 4.05. The summed E-state index contributed by atoms with van der Waals surface area (Å²) in [6.45, 7) is 2.83. The summed E-state index contributed by atoms with van der Waals surface area (Å²) in [7, 11) is 0. The van der Waals surface area contributed by atoms with Crippen LogP contribution in [0.1, 0.15) is 48.5 Å². The van der Waals surface area contributed by atoms with Crippen molar-refractivity contribution in [2.24, 2.45) is 5.92 Å². The van der Waals surface area contributed by atoms with Crippen LogP contribution in [0.15, 0.2) is 22.7 Å². The molecule has 1 aliphatic carbocycles. The van der Waals surface area contributed by atoms with Crippen molar-refractivity contribution in [3.05, 3.63) is 33.8 Å². The number of ether oxygens (including phenoxy) is 1. The molecule has 0 unspecified atom stereocenters. The first-order chi connectivity index (χ1) is 9.06. The molecule has 0 spiro atoms. The number of aromatic carboxylic acids is 1. The number of carboxylic acids is 1. The minimum atomic E-state index is -0.908. The van der Waals surface area contributed by atoms with E-state index in [-0.39, 0.29) is 0 Å². The van der Waals surface area contributed by atoms with E-state index in [2.05, 4.69) is 22.9 Å². The maximum Gasteiger partial charge on any atom is 0.335 e. The molecular formula is C15H19BrO3. The van der Waals surface area contributed by atoms with Crippen LogP contribution in [0.25, 0.3) is 0 Å². The maximum atomic E-state index is 10.8. The first-order valence-corrected chi connectivity index (χ1v) is 7.49. The van der Waals surface area contributed by atoms with Gasteiger partial charge in [0.15, 0.2) is 0 Å². The van der Waals surface area contributed by atoms with Gasteiger partial charge in [-0.1, -0.05) is 28.9 Å². The Hall–Kier alpha value is -0.870. The Balaban J connectivity index is 1.91. The van der Waals surface area contributed by atoms with Crippen molar-refractivity contribution in [2.75, 3.05) is 0 Å². The van der Waals surface area contributed by atoms with Gasteiger partial charge in [0, 0.05) is 4.47 Å². The summed E-state index contributed by atoms with van der Waals surface area (Å²) < 4.78 is 6.72. The molecule has 1 aromatic carbocycles. The molecule has 0 atom stereocenters. The zero-order valence-corrected chi connectivity index (χ0v) is 12.6. The van der Waals surface area contributed by atoms with Crippen molar-refractivity contribution in [3.8, 4) is 0 Å². The molecule has 1 aromatic rings. The average Bonchev–Trinajstić information content (AvgIpc) is 2.39. The van der Waals surface area contributed by atoms with Gasteiger partial charge < -0.3 is 9.84 Å². The van der Waals surface area contributed by atoms with Gasteiger partial charge in [0.25, 0.3) is 0 Å². The Labute approximate surface area is 122 Å². The number of carbonyl (C=O) groups is 1. The lowest BCUT2D eigenvalue weighted by molar-refractivity contribution is 0.00851. The van der Waals surface area contributed by atoms with E-state index < -0.39 is 5.97 Å². The average molecular weight is 327 g/mol. The Kier molecular flexibility index (Phi) is 4.99. The van der Waals surface area contributed by atoms with Gasteiger partial charge in [0.05, 0.1) is 18.3 Å². The smallest absolute Gasteiger partial charge is 0.335 e. The van der Waals surface area contributed by atoms with Crippen LogP contribution in [0.2, 0.25) is 0 Å². The highest BCUT2D eigenvalue weighted by atomic mass is 79.9. The Morgan fingerprint density at radius 3 is 2.63 bits per heavy atom. The van der Waals surface area contributed by atoms with Crippen LogP contribution in [0.4, 0.5) is 0 Å². The summed E-state index contributed by atoms with van der Waals surface area (Å²) in [6, 6.07) is 5.07. The van der Waals surface area contributed by atoms with E-state index in [0.29, 0.717) is 18.3 Å². The topological polar surface area (TPSA) is 46.5 Å². The van der Waals surface area contributed by atoms with E-state index in [4.69, 9.17) is 9.84 Å². The zero-order chi connectivity index (χ0) is 13.8. The predicted molar refractivity (Wildman–Crippen MR) is 77.3 cm³/mol. The molecule has 0 aliphatic heterocycles. The second-order valence-corrected chi connectivity index (χ2v) is 6.16. The molecule has 0 saturated heterocycles. The van der Waals surface area contributed by atoms with Crippen LogP contribution in [0.5, 0.6) is 0 Å². The van der Waals surface area contributed by atoms with Crippen LogP contribution in [0.3, 0.4) is 0 Å². The third-order valence-corrected chi connectivity index (χ3v) is 4.48. The van der Waals surface area contributed by atoms with Crippen LogP contribution in [-0.2, 0) is 11.3 Å². The predicted octanol–water partition coefficient (Wildman–Crippen LogP) is 4.24. The van der Waals surface area contributed by atoms with Gasteiger partial charge >= 0.3 is 5.97 Å². The van der Waals surface area contributed by atoms with Gasteiger partial charge in [-0.15, -0.1) is 0 Å². The number of hydrogen-bond donors (Lipinski definition) is 1. The number of carboxylic acid groups (broad SMARTS) is 1. The quantitative estimate of drug-likeness (QED) is 0.899. The SMILES string of the molecule is CC1CCC(OCc2ccc(C(=O)O)cc2Br)CC1. The highest BCUT2D eigenvalue weighted by Gasteiger charge is 2.19. The van der Waals surface area contributed by atoms with Gasteiger partial charge in [0.2, 0.25) is 0 Å². The monoisotopic (exact) mass is 326 g/mol. The fourth-order valence-electron chi connectivity index (χ4n) is 2.40. The normalized spacial score (nSPS) is 23.3. The van der Waals surface area contributed by atoms with Crippen LogP contribution in [0, 0.1) is 5.92 Å². The molecule has 3 nitrogen and oxygen atoms in total. The lowest BCUT2D eigenvalue weighted by Gasteiger charge is -2.26. The minimum absolute atomic E-state index is 0.294. The number of halogens is 1. The highest BCUT2D eigenvalue weighted by molar-refractivity contribution is 9.10. The molecule has 0 bridgehead atoms. The zero-order valence-electron chi connectivity index (χ0n) is 11.1. The van der Waals surface area contributed by atoms with Crippen molar-refractivity contribution in [1.82, 2.24) is 0 Å². The molecule has 2 rings (SSSR count). The van der Waals surface area contributed by atoms with E-state index in [0.717, 1.165) is 28.8 Å². The van der Waals surface area contributed by atoms with Crippen molar-refractivity contribution in [2.45, 2.75) is 45.3 Å². The summed E-state index contributed by atoms with van der Waals surface area (Å²) >= 11 is 3.41. The summed E-state index contributed by atoms with van der Waals surface area (Å²) in [5.74, 6) is -0.0872. The van der Waals surface area contributed by atoms with E-state index in [1.165, 1.54) is 12.8 Å². The van der Waals surface area contributed by atoms with Gasteiger partial charge in [-0.3, -0.25) is 0 Å². The van der Waals surface area contributed by atoms with E-state index >= 15 is 0 Å².